The van der Waals surface area contributed by atoms with Gasteiger partial charge in [-0.25, -0.2) is 4.98 Å². The van der Waals surface area contributed by atoms with Crippen LogP contribution in [-0.2, 0) is 24.2 Å². The Morgan fingerprint density at radius 3 is 3.04 bits per heavy atom. The smallest absolute Gasteiger partial charge is 0.232 e. The molecular weight excluding hydrogens is 318 g/mol. The number of hydrogen-bond donors (Lipinski definition) is 1. The molecule has 0 saturated heterocycles. The molecule has 128 valence electrons. The normalized spacial score (nSPS) is 16.4. The Kier molecular flexibility index (Phi) is 4.05. The molecule has 0 aliphatic carbocycles. The van der Waals surface area contributed by atoms with Gasteiger partial charge in [0, 0.05) is 37.0 Å². The van der Waals surface area contributed by atoms with Crippen molar-refractivity contribution >= 4 is 11.6 Å². The molecule has 0 bridgehead atoms. The largest absolute Gasteiger partial charge is 0.339 e. The SMILES string of the molecule is Cc1ccc(NC(=O)Cc2noc(C3CCn4ccnc4C3)n2)cc1. The van der Waals surface area contributed by atoms with Crippen LogP contribution in [0.3, 0.4) is 0 Å². The fraction of sp³-hybridized carbons (Fsp3) is 0.333. The highest BCUT2D eigenvalue weighted by Crippen LogP contribution is 2.27. The molecule has 1 aliphatic rings. The summed E-state index contributed by atoms with van der Waals surface area (Å²) >= 11 is 0. The topological polar surface area (TPSA) is 85.8 Å². The van der Waals surface area contributed by atoms with Crippen LogP contribution in [0.1, 0.15) is 35.4 Å². The number of anilines is 1. The van der Waals surface area contributed by atoms with Crippen molar-refractivity contribution in [3.8, 4) is 0 Å². The van der Waals surface area contributed by atoms with Crippen molar-refractivity contribution in [2.45, 2.75) is 38.6 Å². The van der Waals surface area contributed by atoms with Gasteiger partial charge in [-0.2, -0.15) is 4.98 Å². The third-order valence-electron chi connectivity index (χ3n) is 4.44. The molecule has 1 unspecified atom stereocenters. The second-order valence-electron chi connectivity index (χ2n) is 6.37. The van der Waals surface area contributed by atoms with Gasteiger partial charge in [0.15, 0.2) is 5.82 Å². The second-order valence-corrected chi connectivity index (χ2v) is 6.37. The van der Waals surface area contributed by atoms with Crippen molar-refractivity contribution in [2.75, 3.05) is 5.32 Å². The van der Waals surface area contributed by atoms with Gasteiger partial charge in [0.25, 0.3) is 0 Å². The number of amides is 1. The molecule has 7 heteroatoms. The summed E-state index contributed by atoms with van der Waals surface area (Å²) in [6.07, 6.45) is 5.61. The van der Waals surface area contributed by atoms with E-state index in [0.717, 1.165) is 36.5 Å². The standard InChI is InChI=1S/C18H19N5O2/c1-12-2-4-14(5-3-12)20-17(24)11-15-21-18(25-22-15)13-6-8-23-9-7-19-16(23)10-13/h2-5,7,9,13H,6,8,10-11H2,1H3,(H,20,24). The zero-order chi connectivity index (χ0) is 17.2. The van der Waals surface area contributed by atoms with Crippen LogP contribution in [0.15, 0.2) is 41.2 Å². The summed E-state index contributed by atoms with van der Waals surface area (Å²) in [7, 11) is 0. The molecule has 2 aromatic heterocycles. The zero-order valence-electron chi connectivity index (χ0n) is 14.0. The van der Waals surface area contributed by atoms with Gasteiger partial charge in [-0.05, 0) is 25.5 Å². The van der Waals surface area contributed by atoms with Crippen LogP contribution in [0.25, 0.3) is 0 Å². The Balaban J connectivity index is 1.38. The molecule has 1 N–H and O–H groups in total. The average molecular weight is 337 g/mol. The summed E-state index contributed by atoms with van der Waals surface area (Å²) in [4.78, 5) is 20.9. The molecule has 3 heterocycles. The molecule has 1 aliphatic heterocycles. The molecule has 0 spiro atoms. The molecule has 0 fully saturated rings. The first-order chi connectivity index (χ1) is 12.2. The zero-order valence-corrected chi connectivity index (χ0v) is 14.0. The van der Waals surface area contributed by atoms with Crippen molar-refractivity contribution in [3.05, 3.63) is 59.8 Å². The van der Waals surface area contributed by atoms with Gasteiger partial charge in [0.05, 0.1) is 6.42 Å². The lowest BCUT2D eigenvalue weighted by molar-refractivity contribution is -0.115. The predicted octanol–water partition coefficient (Wildman–Crippen LogP) is 2.49. The van der Waals surface area contributed by atoms with Crippen LogP contribution >= 0.6 is 0 Å². The van der Waals surface area contributed by atoms with E-state index in [1.165, 1.54) is 0 Å². The van der Waals surface area contributed by atoms with E-state index in [0.29, 0.717) is 11.7 Å². The predicted molar refractivity (Wildman–Crippen MR) is 91.1 cm³/mol. The van der Waals surface area contributed by atoms with E-state index in [2.05, 4.69) is 25.0 Å². The van der Waals surface area contributed by atoms with Crippen molar-refractivity contribution in [1.29, 1.82) is 0 Å². The van der Waals surface area contributed by atoms with Crippen molar-refractivity contribution < 1.29 is 9.32 Å². The molecule has 0 radical (unpaired) electrons. The number of hydrogen-bond acceptors (Lipinski definition) is 5. The summed E-state index contributed by atoms with van der Waals surface area (Å²) in [5, 5.41) is 6.80. The van der Waals surface area contributed by atoms with Crippen LogP contribution in [0.2, 0.25) is 0 Å². The van der Waals surface area contributed by atoms with Gasteiger partial charge in [0.2, 0.25) is 11.8 Å². The number of carbonyl (C=O) groups is 1. The number of benzene rings is 1. The summed E-state index contributed by atoms with van der Waals surface area (Å²) in [5.41, 5.74) is 1.91. The monoisotopic (exact) mass is 337 g/mol. The number of imidazole rings is 1. The average Bonchev–Trinajstić information content (AvgIpc) is 3.25. The van der Waals surface area contributed by atoms with E-state index in [9.17, 15) is 4.79 Å². The lowest BCUT2D eigenvalue weighted by Gasteiger charge is -2.19. The Morgan fingerprint density at radius 2 is 2.20 bits per heavy atom. The first-order valence-corrected chi connectivity index (χ1v) is 8.36. The quantitative estimate of drug-likeness (QED) is 0.790. The fourth-order valence-corrected chi connectivity index (χ4v) is 3.05. The number of carbonyl (C=O) groups excluding carboxylic acids is 1. The number of aryl methyl sites for hydroxylation is 2. The Morgan fingerprint density at radius 1 is 1.36 bits per heavy atom. The molecule has 4 rings (SSSR count). The maximum absolute atomic E-state index is 12.1. The van der Waals surface area contributed by atoms with Gasteiger partial charge in [-0.3, -0.25) is 4.79 Å². The summed E-state index contributed by atoms with van der Waals surface area (Å²) < 4.78 is 7.53. The lowest BCUT2D eigenvalue weighted by atomic mass is 9.98. The number of aromatic nitrogens is 4. The highest BCUT2D eigenvalue weighted by molar-refractivity contribution is 5.91. The molecule has 1 amide bonds. The van der Waals surface area contributed by atoms with Gasteiger partial charge >= 0.3 is 0 Å². The van der Waals surface area contributed by atoms with Crippen molar-refractivity contribution in [1.82, 2.24) is 19.7 Å². The molecular formula is C18H19N5O2. The summed E-state index contributed by atoms with van der Waals surface area (Å²) in [5.74, 6) is 2.04. The molecule has 3 aromatic rings. The van der Waals surface area contributed by atoms with Crippen LogP contribution in [0.4, 0.5) is 5.69 Å². The molecule has 7 nitrogen and oxygen atoms in total. The number of rotatable bonds is 4. The van der Waals surface area contributed by atoms with Crippen LogP contribution in [-0.4, -0.2) is 25.6 Å². The highest BCUT2D eigenvalue weighted by atomic mass is 16.5. The van der Waals surface area contributed by atoms with Crippen molar-refractivity contribution in [2.24, 2.45) is 0 Å². The minimum absolute atomic E-state index is 0.0960. The van der Waals surface area contributed by atoms with E-state index < -0.39 is 0 Å². The van der Waals surface area contributed by atoms with Crippen LogP contribution in [0, 0.1) is 6.92 Å². The lowest BCUT2D eigenvalue weighted by Crippen LogP contribution is -2.18. The Hall–Kier alpha value is -2.96. The summed E-state index contributed by atoms with van der Waals surface area (Å²) in [6.45, 7) is 2.90. The highest BCUT2D eigenvalue weighted by Gasteiger charge is 2.25. The first kappa shape index (κ1) is 15.6. The van der Waals surface area contributed by atoms with Crippen LogP contribution in [0.5, 0.6) is 0 Å². The van der Waals surface area contributed by atoms with Gasteiger partial charge in [-0.15, -0.1) is 0 Å². The molecule has 1 aromatic carbocycles. The number of nitrogens with zero attached hydrogens (tertiary/aromatic N) is 4. The molecule has 1 atom stereocenters. The minimum atomic E-state index is -0.157. The molecule has 25 heavy (non-hydrogen) atoms. The van der Waals surface area contributed by atoms with Gasteiger partial charge in [0.1, 0.15) is 5.82 Å². The van der Waals surface area contributed by atoms with E-state index in [1.54, 1.807) is 0 Å². The second kappa shape index (κ2) is 6.51. The fourth-order valence-electron chi connectivity index (χ4n) is 3.05. The number of nitrogens with one attached hydrogen (secondary N) is 1. The maximum Gasteiger partial charge on any atom is 0.232 e. The minimum Gasteiger partial charge on any atom is -0.339 e. The number of fused-ring (bicyclic) bond motifs is 1. The van der Waals surface area contributed by atoms with E-state index >= 15 is 0 Å². The van der Waals surface area contributed by atoms with E-state index in [1.807, 2.05) is 43.6 Å². The molecule has 0 saturated carbocycles. The van der Waals surface area contributed by atoms with Crippen LogP contribution < -0.4 is 5.32 Å². The maximum atomic E-state index is 12.1. The van der Waals surface area contributed by atoms with E-state index in [4.69, 9.17) is 4.52 Å². The van der Waals surface area contributed by atoms with Gasteiger partial charge < -0.3 is 14.4 Å². The van der Waals surface area contributed by atoms with Crippen molar-refractivity contribution in [3.63, 3.8) is 0 Å². The van der Waals surface area contributed by atoms with E-state index in [-0.39, 0.29) is 18.2 Å². The van der Waals surface area contributed by atoms with Gasteiger partial charge in [-0.1, -0.05) is 22.9 Å². The first-order valence-electron chi connectivity index (χ1n) is 8.36. The Labute approximate surface area is 145 Å². The third kappa shape index (κ3) is 3.45. The summed E-state index contributed by atoms with van der Waals surface area (Å²) in [6, 6.07) is 7.65. The third-order valence-corrected chi connectivity index (χ3v) is 4.44. The Bertz CT molecular complexity index is 881.